The molecule has 4 rings (SSSR count). The first-order valence-corrected chi connectivity index (χ1v) is 10.7. The Labute approximate surface area is 172 Å². The van der Waals surface area contributed by atoms with Crippen LogP contribution in [0, 0.1) is 6.92 Å². The van der Waals surface area contributed by atoms with Gasteiger partial charge in [0.1, 0.15) is 5.82 Å². The van der Waals surface area contributed by atoms with Gasteiger partial charge in [-0.25, -0.2) is 9.67 Å². The lowest BCUT2D eigenvalue weighted by molar-refractivity contribution is -0.0725. The van der Waals surface area contributed by atoms with Gasteiger partial charge in [-0.3, -0.25) is 9.69 Å². The number of piperidine rings is 1. The van der Waals surface area contributed by atoms with Gasteiger partial charge in [0.15, 0.2) is 0 Å². The van der Waals surface area contributed by atoms with Gasteiger partial charge in [0, 0.05) is 19.1 Å². The molecular formula is C22H31N5O2. The van der Waals surface area contributed by atoms with Gasteiger partial charge in [-0.2, -0.15) is 0 Å². The third-order valence-corrected chi connectivity index (χ3v) is 5.96. The highest BCUT2D eigenvalue weighted by molar-refractivity contribution is 5.90. The first-order valence-electron chi connectivity index (χ1n) is 10.7. The molecule has 0 bridgehead atoms. The number of ether oxygens (including phenoxy) is 1. The van der Waals surface area contributed by atoms with E-state index < -0.39 is 0 Å². The first kappa shape index (κ1) is 20.0. The van der Waals surface area contributed by atoms with Crippen LogP contribution in [-0.2, 0) is 4.74 Å². The van der Waals surface area contributed by atoms with E-state index in [-0.39, 0.29) is 17.8 Å². The minimum atomic E-state index is -0.252. The van der Waals surface area contributed by atoms with Crippen molar-refractivity contribution in [2.45, 2.75) is 58.1 Å². The van der Waals surface area contributed by atoms with E-state index in [1.165, 1.54) is 24.8 Å². The predicted octanol–water partition coefficient (Wildman–Crippen LogP) is 2.68. The second-order valence-electron chi connectivity index (χ2n) is 8.42. The minimum absolute atomic E-state index is 0.0261. The standard InChI is InChI=1S/C22H31N5O2/c1-15(2)19-9-4-5-10-20(19)27-16(3)24-21(25-27)22(28)23-12-18-13-26-11-7-6-8-17(26)14-29-18/h4-5,9-10,15,17-18H,6-8,11-14H2,1-3H3,(H,23,28). The fourth-order valence-electron chi connectivity index (χ4n) is 4.34. The molecular weight excluding hydrogens is 366 g/mol. The maximum absolute atomic E-state index is 12.7. The molecule has 2 aromatic rings. The lowest BCUT2D eigenvalue weighted by Crippen LogP contribution is -2.54. The van der Waals surface area contributed by atoms with Crippen molar-refractivity contribution in [1.82, 2.24) is 25.0 Å². The summed E-state index contributed by atoms with van der Waals surface area (Å²) in [4.78, 5) is 19.6. The molecule has 1 aromatic heterocycles. The van der Waals surface area contributed by atoms with Gasteiger partial charge in [0.2, 0.25) is 5.82 Å². The molecule has 1 aromatic carbocycles. The Morgan fingerprint density at radius 2 is 2.14 bits per heavy atom. The molecule has 29 heavy (non-hydrogen) atoms. The molecule has 2 atom stereocenters. The highest BCUT2D eigenvalue weighted by Gasteiger charge is 2.31. The quantitative estimate of drug-likeness (QED) is 0.840. The number of aryl methyl sites for hydroxylation is 1. The number of nitrogens with zero attached hydrogens (tertiary/aromatic N) is 4. The van der Waals surface area contributed by atoms with Crippen molar-refractivity contribution in [2.75, 3.05) is 26.2 Å². The smallest absolute Gasteiger partial charge is 0.291 e. The summed E-state index contributed by atoms with van der Waals surface area (Å²) < 4.78 is 7.74. The number of hydrogen-bond donors (Lipinski definition) is 1. The van der Waals surface area contributed by atoms with Gasteiger partial charge >= 0.3 is 0 Å². The van der Waals surface area contributed by atoms with Crippen LogP contribution in [0.3, 0.4) is 0 Å². The van der Waals surface area contributed by atoms with Crippen LogP contribution >= 0.6 is 0 Å². The Hall–Kier alpha value is -2.25. The molecule has 2 unspecified atom stereocenters. The number of rotatable bonds is 5. The molecule has 2 aliphatic rings. The van der Waals surface area contributed by atoms with Gasteiger partial charge in [-0.05, 0) is 43.9 Å². The summed E-state index contributed by atoms with van der Waals surface area (Å²) in [5.74, 6) is 1.01. The van der Waals surface area contributed by atoms with Crippen LogP contribution in [0.2, 0.25) is 0 Å². The van der Waals surface area contributed by atoms with Gasteiger partial charge in [-0.15, -0.1) is 5.10 Å². The third-order valence-electron chi connectivity index (χ3n) is 5.96. The number of benzene rings is 1. The number of amides is 1. The molecule has 2 saturated heterocycles. The molecule has 1 amide bonds. The number of hydrogen-bond acceptors (Lipinski definition) is 5. The van der Waals surface area contributed by atoms with E-state index in [9.17, 15) is 4.79 Å². The molecule has 2 fully saturated rings. The molecule has 0 radical (unpaired) electrons. The van der Waals surface area contributed by atoms with Crippen molar-refractivity contribution >= 4 is 5.91 Å². The molecule has 0 spiro atoms. The summed E-state index contributed by atoms with van der Waals surface area (Å²) in [6, 6.07) is 8.67. The first-order chi connectivity index (χ1) is 14.0. The topological polar surface area (TPSA) is 72.3 Å². The van der Waals surface area contributed by atoms with Crippen molar-refractivity contribution < 1.29 is 9.53 Å². The van der Waals surface area contributed by atoms with E-state index in [1.807, 2.05) is 25.1 Å². The largest absolute Gasteiger partial charge is 0.373 e. The fourth-order valence-corrected chi connectivity index (χ4v) is 4.34. The molecule has 3 heterocycles. The lowest BCUT2D eigenvalue weighted by Gasteiger charge is -2.42. The van der Waals surface area contributed by atoms with Crippen molar-refractivity contribution in [2.24, 2.45) is 0 Å². The second-order valence-corrected chi connectivity index (χ2v) is 8.42. The number of para-hydroxylation sites is 1. The normalized spacial score (nSPS) is 22.5. The van der Waals surface area contributed by atoms with E-state index in [4.69, 9.17) is 4.74 Å². The molecule has 1 N–H and O–H groups in total. The summed E-state index contributed by atoms with van der Waals surface area (Å²) >= 11 is 0. The second kappa shape index (κ2) is 8.63. The average Bonchev–Trinajstić information content (AvgIpc) is 3.13. The van der Waals surface area contributed by atoms with Crippen LogP contribution in [0.5, 0.6) is 0 Å². The van der Waals surface area contributed by atoms with Gasteiger partial charge in [0.25, 0.3) is 5.91 Å². The molecule has 2 aliphatic heterocycles. The summed E-state index contributed by atoms with van der Waals surface area (Å²) in [6.07, 6.45) is 3.80. The van der Waals surface area contributed by atoms with E-state index in [0.717, 1.165) is 25.4 Å². The SMILES string of the molecule is Cc1nc(C(=O)NCC2CN3CCCCC3CO2)nn1-c1ccccc1C(C)C. The van der Waals surface area contributed by atoms with Gasteiger partial charge in [-0.1, -0.05) is 38.5 Å². The Balaban J connectivity index is 1.41. The molecule has 156 valence electrons. The minimum Gasteiger partial charge on any atom is -0.373 e. The van der Waals surface area contributed by atoms with Crippen LogP contribution < -0.4 is 5.32 Å². The number of carbonyl (C=O) groups is 1. The number of morpholine rings is 1. The highest BCUT2D eigenvalue weighted by Crippen LogP contribution is 2.23. The van der Waals surface area contributed by atoms with Crippen LogP contribution in [0.4, 0.5) is 0 Å². The average molecular weight is 398 g/mol. The number of fused-ring (bicyclic) bond motifs is 1. The van der Waals surface area contributed by atoms with Crippen molar-refractivity contribution in [3.05, 3.63) is 41.5 Å². The summed E-state index contributed by atoms with van der Waals surface area (Å²) in [7, 11) is 0. The zero-order valence-electron chi connectivity index (χ0n) is 17.6. The predicted molar refractivity (Wildman–Crippen MR) is 111 cm³/mol. The molecule has 7 heteroatoms. The number of aromatic nitrogens is 3. The van der Waals surface area contributed by atoms with Crippen LogP contribution in [0.1, 0.15) is 61.0 Å². The summed E-state index contributed by atoms with van der Waals surface area (Å²) in [6.45, 7) is 9.44. The Morgan fingerprint density at radius 1 is 1.31 bits per heavy atom. The monoisotopic (exact) mass is 397 g/mol. The Bertz CT molecular complexity index is 863. The lowest BCUT2D eigenvalue weighted by atomic mass is 10.0. The highest BCUT2D eigenvalue weighted by atomic mass is 16.5. The van der Waals surface area contributed by atoms with E-state index in [0.29, 0.717) is 24.3 Å². The molecule has 7 nitrogen and oxygen atoms in total. The zero-order chi connectivity index (χ0) is 20.4. The zero-order valence-corrected chi connectivity index (χ0v) is 17.6. The number of nitrogens with one attached hydrogen (secondary N) is 1. The van der Waals surface area contributed by atoms with E-state index in [1.54, 1.807) is 4.68 Å². The van der Waals surface area contributed by atoms with Crippen LogP contribution in [-0.4, -0.2) is 64.0 Å². The molecule has 0 aliphatic carbocycles. The summed E-state index contributed by atoms with van der Waals surface area (Å²) in [5, 5.41) is 7.46. The van der Waals surface area contributed by atoms with E-state index >= 15 is 0 Å². The Kier molecular flexibility index (Phi) is 5.96. The van der Waals surface area contributed by atoms with Crippen molar-refractivity contribution in [3.63, 3.8) is 0 Å². The van der Waals surface area contributed by atoms with Gasteiger partial charge in [0.05, 0.1) is 18.4 Å². The Morgan fingerprint density at radius 3 is 2.97 bits per heavy atom. The summed E-state index contributed by atoms with van der Waals surface area (Å²) in [5.41, 5.74) is 2.15. The maximum Gasteiger partial charge on any atom is 0.291 e. The van der Waals surface area contributed by atoms with Crippen molar-refractivity contribution in [3.8, 4) is 5.69 Å². The van der Waals surface area contributed by atoms with Crippen LogP contribution in [0.15, 0.2) is 24.3 Å². The molecule has 0 saturated carbocycles. The maximum atomic E-state index is 12.7. The number of carbonyl (C=O) groups excluding carboxylic acids is 1. The van der Waals surface area contributed by atoms with Crippen LogP contribution in [0.25, 0.3) is 5.69 Å². The van der Waals surface area contributed by atoms with E-state index in [2.05, 4.69) is 40.2 Å². The fraction of sp³-hybridized carbons (Fsp3) is 0.591. The third kappa shape index (κ3) is 4.36. The van der Waals surface area contributed by atoms with Crippen molar-refractivity contribution in [1.29, 1.82) is 0 Å². The van der Waals surface area contributed by atoms with Gasteiger partial charge < -0.3 is 10.1 Å².